The fourth-order valence-electron chi connectivity index (χ4n) is 1.48. The van der Waals surface area contributed by atoms with Crippen molar-refractivity contribution in [3.05, 3.63) is 23.0 Å². The third kappa shape index (κ3) is 4.03. The van der Waals surface area contributed by atoms with Crippen LogP contribution < -0.4 is 17.2 Å². The van der Waals surface area contributed by atoms with Crippen LogP contribution in [0.4, 0.5) is 10.1 Å². The molecule has 0 saturated carbocycles. The van der Waals surface area contributed by atoms with Gasteiger partial charge in [-0.1, -0.05) is 11.6 Å². The molecule has 6 N–H and O–H groups in total. The lowest BCUT2D eigenvalue weighted by Crippen LogP contribution is -2.43. The van der Waals surface area contributed by atoms with Gasteiger partial charge in [0.25, 0.3) is 0 Å². The van der Waals surface area contributed by atoms with Crippen LogP contribution in [0.2, 0.25) is 5.02 Å². The van der Waals surface area contributed by atoms with E-state index < -0.39 is 51.3 Å². The van der Waals surface area contributed by atoms with E-state index in [1.165, 1.54) is 0 Å². The molecule has 0 bridgehead atoms. The molecule has 0 radical (unpaired) electrons. The monoisotopic (exact) mass is 338 g/mol. The molecular weight excluding hydrogens is 327 g/mol. The van der Waals surface area contributed by atoms with E-state index in [1.807, 2.05) is 0 Å². The number of carbonyl (C=O) groups excluding carboxylic acids is 2. The molecule has 1 aromatic carbocycles. The predicted molar refractivity (Wildman–Crippen MR) is 73.0 cm³/mol. The summed E-state index contributed by atoms with van der Waals surface area (Å²) in [6.45, 7) is -1.70. The number of nitrogens with zero attached hydrogens (tertiary/aromatic N) is 1. The highest BCUT2D eigenvalue weighted by Gasteiger charge is 2.31. The lowest BCUT2D eigenvalue weighted by molar-refractivity contribution is -0.120. The number of hydrogen-bond acceptors (Lipinski definition) is 5. The molecule has 1 aromatic rings. The molecule has 0 atom stereocenters. The maximum atomic E-state index is 13.9. The molecule has 0 unspecified atom stereocenters. The molecule has 0 saturated heterocycles. The standard InChI is InChI=1S/C10H12ClFN4O4S/c11-5-1-6(13)10(12)7(2-5)21(19,20)16(3-8(14)17)4-9(15)18/h1-2H,3-4,13H2,(H2,14,17)(H2,15,18). The quantitative estimate of drug-likeness (QED) is 0.570. The van der Waals surface area contributed by atoms with Crippen molar-refractivity contribution >= 4 is 39.1 Å². The van der Waals surface area contributed by atoms with Gasteiger partial charge >= 0.3 is 0 Å². The van der Waals surface area contributed by atoms with Crippen LogP contribution in [0.1, 0.15) is 0 Å². The van der Waals surface area contributed by atoms with Gasteiger partial charge in [-0.3, -0.25) is 9.59 Å². The maximum absolute atomic E-state index is 13.9. The Morgan fingerprint density at radius 1 is 1.19 bits per heavy atom. The molecule has 0 fully saturated rings. The Morgan fingerprint density at radius 3 is 2.10 bits per heavy atom. The van der Waals surface area contributed by atoms with E-state index in [4.69, 9.17) is 28.8 Å². The third-order valence-corrected chi connectivity index (χ3v) is 4.32. The highest BCUT2D eigenvalue weighted by atomic mass is 35.5. The normalized spacial score (nSPS) is 11.6. The minimum Gasteiger partial charge on any atom is -0.396 e. The minimum atomic E-state index is -4.57. The van der Waals surface area contributed by atoms with Gasteiger partial charge < -0.3 is 17.2 Å². The fourth-order valence-corrected chi connectivity index (χ4v) is 3.27. The number of halogens is 2. The largest absolute Gasteiger partial charge is 0.396 e. The lowest BCUT2D eigenvalue weighted by Gasteiger charge is -2.20. The fraction of sp³-hybridized carbons (Fsp3) is 0.200. The number of sulfonamides is 1. The molecule has 1 rings (SSSR count). The summed E-state index contributed by atoms with van der Waals surface area (Å²) in [5.74, 6) is -3.34. The first kappa shape index (κ1) is 17.1. The number of primary amides is 2. The van der Waals surface area contributed by atoms with E-state index in [0.717, 1.165) is 12.1 Å². The number of nitrogens with two attached hydrogens (primary N) is 3. The van der Waals surface area contributed by atoms with E-state index in [-0.39, 0.29) is 5.02 Å². The van der Waals surface area contributed by atoms with Crippen LogP contribution in [-0.4, -0.2) is 37.6 Å². The summed E-state index contributed by atoms with van der Waals surface area (Å²) >= 11 is 5.63. The molecule has 11 heteroatoms. The third-order valence-electron chi connectivity index (χ3n) is 2.31. The topological polar surface area (TPSA) is 150 Å². The van der Waals surface area contributed by atoms with Crippen molar-refractivity contribution in [2.24, 2.45) is 11.5 Å². The molecule has 8 nitrogen and oxygen atoms in total. The Morgan fingerprint density at radius 2 is 1.67 bits per heavy atom. The zero-order valence-electron chi connectivity index (χ0n) is 10.5. The number of amides is 2. The van der Waals surface area contributed by atoms with Crippen LogP contribution >= 0.6 is 11.6 Å². The van der Waals surface area contributed by atoms with Crippen molar-refractivity contribution in [1.29, 1.82) is 0 Å². The van der Waals surface area contributed by atoms with Gasteiger partial charge in [0.1, 0.15) is 4.90 Å². The van der Waals surface area contributed by atoms with Crippen molar-refractivity contribution in [2.75, 3.05) is 18.8 Å². The second-order valence-electron chi connectivity index (χ2n) is 4.01. The molecule has 0 aliphatic carbocycles. The molecule has 0 aliphatic heterocycles. The summed E-state index contributed by atoms with van der Waals surface area (Å²) < 4.78 is 38.8. The van der Waals surface area contributed by atoms with E-state index >= 15 is 0 Å². The lowest BCUT2D eigenvalue weighted by atomic mass is 10.3. The smallest absolute Gasteiger partial charge is 0.247 e. The van der Waals surface area contributed by atoms with Crippen molar-refractivity contribution in [2.45, 2.75) is 4.90 Å². The summed E-state index contributed by atoms with van der Waals surface area (Å²) in [5.41, 5.74) is 14.6. The second kappa shape index (κ2) is 6.24. The number of hydrogen-bond donors (Lipinski definition) is 3. The molecular formula is C10H12ClFN4O4S. The first-order chi connectivity index (χ1) is 9.55. The second-order valence-corrected chi connectivity index (χ2v) is 6.36. The van der Waals surface area contributed by atoms with E-state index in [1.54, 1.807) is 0 Å². The Labute approximate surface area is 124 Å². The van der Waals surface area contributed by atoms with Gasteiger partial charge in [-0.25, -0.2) is 12.8 Å². The van der Waals surface area contributed by atoms with E-state index in [9.17, 15) is 22.4 Å². The van der Waals surface area contributed by atoms with Crippen molar-refractivity contribution in [3.8, 4) is 0 Å². The zero-order chi connectivity index (χ0) is 16.4. The Kier molecular flexibility index (Phi) is 5.10. The van der Waals surface area contributed by atoms with Crippen LogP contribution in [0, 0.1) is 5.82 Å². The summed E-state index contributed by atoms with van der Waals surface area (Å²) in [7, 11) is -4.57. The van der Waals surface area contributed by atoms with Gasteiger partial charge in [0.05, 0.1) is 18.8 Å². The summed E-state index contributed by atoms with van der Waals surface area (Å²) in [4.78, 5) is 20.9. The molecule has 0 spiro atoms. The van der Waals surface area contributed by atoms with E-state index in [2.05, 4.69) is 0 Å². The van der Waals surface area contributed by atoms with Crippen molar-refractivity contribution in [1.82, 2.24) is 4.31 Å². The highest BCUT2D eigenvalue weighted by molar-refractivity contribution is 7.89. The number of anilines is 1. The van der Waals surface area contributed by atoms with Crippen LogP contribution in [0.15, 0.2) is 17.0 Å². The molecule has 116 valence electrons. The molecule has 0 heterocycles. The Balaban J connectivity index is 3.41. The molecule has 0 aliphatic rings. The van der Waals surface area contributed by atoms with Crippen LogP contribution in [-0.2, 0) is 19.6 Å². The molecule has 0 aromatic heterocycles. The molecule has 21 heavy (non-hydrogen) atoms. The van der Waals surface area contributed by atoms with Crippen molar-refractivity contribution < 1.29 is 22.4 Å². The zero-order valence-corrected chi connectivity index (χ0v) is 12.1. The number of benzene rings is 1. The minimum absolute atomic E-state index is 0.134. The Bertz CT molecular complexity index is 679. The SMILES string of the molecule is NC(=O)CN(CC(N)=O)S(=O)(=O)c1cc(Cl)cc(N)c1F. The number of nitrogen functional groups attached to an aromatic ring is 1. The van der Waals surface area contributed by atoms with Gasteiger partial charge in [-0.2, -0.15) is 4.31 Å². The van der Waals surface area contributed by atoms with Gasteiger partial charge in [0, 0.05) is 5.02 Å². The first-order valence-electron chi connectivity index (χ1n) is 5.37. The van der Waals surface area contributed by atoms with Crippen LogP contribution in [0.3, 0.4) is 0 Å². The van der Waals surface area contributed by atoms with Gasteiger partial charge in [0.2, 0.25) is 21.8 Å². The Hall–Kier alpha value is -1.91. The van der Waals surface area contributed by atoms with Gasteiger partial charge in [-0.05, 0) is 12.1 Å². The van der Waals surface area contributed by atoms with Gasteiger partial charge in [0.15, 0.2) is 5.82 Å². The first-order valence-corrected chi connectivity index (χ1v) is 7.18. The average molecular weight is 339 g/mol. The summed E-state index contributed by atoms with van der Waals surface area (Å²) in [6, 6.07) is 1.82. The van der Waals surface area contributed by atoms with Crippen molar-refractivity contribution in [3.63, 3.8) is 0 Å². The van der Waals surface area contributed by atoms with Crippen LogP contribution in [0.25, 0.3) is 0 Å². The maximum Gasteiger partial charge on any atom is 0.247 e. The summed E-state index contributed by atoms with van der Waals surface area (Å²) in [6.07, 6.45) is 0. The van der Waals surface area contributed by atoms with E-state index in [0.29, 0.717) is 4.31 Å². The van der Waals surface area contributed by atoms with Gasteiger partial charge in [-0.15, -0.1) is 0 Å². The summed E-state index contributed by atoms with van der Waals surface area (Å²) in [5, 5.41) is -0.134. The molecule has 2 amide bonds. The number of carbonyl (C=O) groups is 2. The predicted octanol–water partition coefficient (Wildman–Crippen LogP) is -0.977. The highest BCUT2D eigenvalue weighted by Crippen LogP contribution is 2.27. The number of rotatable bonds is 6. The average Bonchev–Trinajstić information content (AvgIpc) is 2.31. The van der Waals surface area contributed by atoms with Crippen LogP contribution in [0.5, 0.6) is 0 Å².